The van der Waals surface area contributed by atoms with E-state index in [1.165, 1.54) is 0 Å². The van der Waals surface area contributed by atoms with E-state index in [0.717, 1.165) is 18.8 Å². The maximum atomic E-state index is 13.0. The summed E-state index contributed by atoms with van der Waals surface area (Å²) in [4.78, 5) is 10.9. The molecule has 25 heavy (non-hydrogen) atoms. The van der Waals surface area contributed by atoms with Gasteiger partial charge in [-0.1, -0.05) is 18.2 Å². The zero-order chi connectivity index (χ0) is 17.9. The summed E-state index contributed by atoms with van der Waals surface area (Å²) in [6, 6.07) is 8.91. The smallest absolute Gasteiger partial charge is 0.243 e. The first kappa shape index (κ1) is 17.8. The molecule has 1 aliphatic rings. The van der Waals surface area contributed by atoms with Crippen molar-refractivity contribution < 1.29 is 8.42 Å². The molecule has 1 saturated heterocycles. The number of nitrogens with zero attached hydrogens (tertiary/aromatic N) is 4. The van der Waals surface area contributed by atoms with Gasteiger partial charge in [-0.15, -0.1) is 0 Å². The molecule has 2 aromatic rings. The fourth-order valence-electron chi connectivity index (χ4n) is 2.78. The summed E-state index contributed by atoms with van der Waals surface area (Å²) in [6.07, 6.45) is 1.68. The van der Waals surface area contributed by atoms with Crippen LogP contribution in [0.3, 0.4) is 0 Å². The Bertz CT molecular complexity index is 832. The van der Waals surface area contributed by atoms with Crippen LogP contribution in [0.15, 0.2) is 41.4 Å². The van der Waals surface area contributed by atoms with Crippen molar-refractivity contribution in [3.8, 4) is 0 Å². The normalized spacial score (nSPS) is 16.7. The highest BCUT2D eigenvalue weighted by molar-refractivity contribution is 7.89. The van der Waals surface area contributed by atoms with E-state index in [4.69, 9.17) is 0 Å². The highest BCUT2D eigenvalue weighted by atomic mass is 32.2. The zero-order valence-electron chi connectivity index (χ0n) is 14.5. The molecule has 1 fully saturated rings. The second kappa shape index (κ2) is 7.47. The van der Waals surface area contributed by atoms with E-state index in [-0.39, 0.29) is 0 Å². The van der Waals surface area contributed by atoms with Gasteiger partial charge < -0.3 is 10.2 Å². The molecule has 3 rings (SSSR count). The van der Waals surface area contributed by atoms with Gasteiger partial charge in [-0.25, -0.2) is 18.4 Å². The summed E-state index contributed by atoms with van der Waals surface area (Å²) in [7, 11) is -1.50. The Morgan fingerprint density at radius 2 is 1.84 bits per heavy atom. The van der Waals surface area contributed by atoms with Gasteiger partial charge in [-0.3, -0.25) is 0 Å². The Balaban J connectivity index is 1.80. The molecule has 0 saturated carbocycles. The Hall–Kier alpha value is -2.03. The molecule has 0 radical (unpaired) electrons. The van der Waals surface area contributed by atoms with Gasteiger partial charge in [0.15, 0.2) is 0 Å². The van der Waals surface area contributed by atoms with Gasteiger partial charge in [0.05, 0.1) is 4.90 Å². The number of benzene rings is 1. The maximum Gasteiger partial charge on any atom is 0.243 e. The van der Waals surface area contributed by atoms with Crippen LogP contribution in [0.1, 0.15) is 11.3 Å². The Labute approximate surface area is 148 Å². The number of hydrogen-bond acceptors (Lipinski definition) is 6. The summed E-state index contributed by atoms with van der Waals surface area (Å²) < 4.78 is 27.6. The molecule has 7 nitrogen and oxygen atoms in total. The van der Waals surface area contributed by atoms with E-state index in [9.17, 15) is 8.42 Å². The Morgan fingerprint density at radius 3 is 2.56 bits per heavy atom. The monoisotopic (exact) mass is 361 g/mol. The van der Waals surface area contributed by atoms with Gasteiger partial charge >= 0.3 is 0 Å². The van der Waals surface area contributed by atoms with E-state index in [0.29, 0.717) is 36.0 Å². The molecule has 0 bridgehead atoms. The number of hydrogen-bond donors (Lipinski definition) is 1. The van der Waals surface area contributed by atoms with Crippen LogP contribution in [0.4, 0.5) is 5.95 Å². The number of piperazine rings is 1. The highest BCUT2D eigenvalue weighted by Crippen LogP contribution is 2.22. The number of aromatic nitrogens is 2. The summed E-state index contributed by atoms with van der Waals surface area (Å²) in [6.45, 7) is 4.77. The fraction of sp³-hybridized carbons (Fsp3) is 0.412. The lowest BCUT2D eigenvalue weighted by Crippen LogP contribution is -2.47. The maximum absolute atomic E-state index is 13.0. The largest absolute Gasteiger partial charge is 0.350 e. The minimum Gasteiger partial charge on any atom is -0.350 e. The Kier molecular flexibility index (Phi) is 5.31. The lowest BCUT2D eigenvalue weighted by molar-refractivity contribution is 0.222. The molecular weight excluding hydrogens is 338 g/mol. The average Bonchev–Trinajstić information content (AvgIpc) is 2.61. The second-order valence-electron chi connectivity index (χ2n) is 6.19. The van der Waals surface area contributed by atoms with Crippen molar-refractivity contribution in [2.45, 2.75) is 18.4 Å². The predicted molar refractivity (Wildman–Crippen MR) is 96.8 cm³/mol. The number of rotatable bonds is 5. The van der Waals surface area contributed by atoms with Crippen molar-refractivity contribution in [3.05, 3.63) is 47.8 Å². The first-order valence-corrected chi connectivity index (χ1v) is 9.71. The summed E-state index contributed by atoms with van der Waals surface area (Å²) >= 11 is 0. The molecule has 0 aliphatic carbocycles. The molecule has 1 aliphatic heterocycles. The third-order valence-corrected chi connectivity index (χ3v) is 6.28. The molecular formula is C17H23N5O2S. The second-order valence-corrected chi connectivity index (χ2v) is 8.10. The molecule has 2 heterocycles. The quantitative estimate of drug-likeness (QED) is 0.866. The van der Waals surface area contributed by atoms with Crippen molar-refractivity contribution in [2.75, 3.05) is 38.5 Å². The molecule has 134 valence electrons. The average molecular weight is 361 g/mol. The molecule has 0 spiro atoms. The van der Waals surface area contributed by atoms with Gasteiger partial charge in [0, 0.05) is 44.6 Å². The van der Waals surface area contributed by atoms with Crippen molar-refractivity contribution in [3.63, 3.8) is 0 Å². The van der Waals surface area contributed by atoms with Gasteiger partial charge in [-0.05, 0) is 31.7 Å². The van der Waals surface area contributed by atoms with Crippen LogP contribution in [-0.2, 0) is 16.6 Å². The van der Waals surface area contributed by atoms with E-state index in [1.54, 1.807) is 22.6 Å². The van der Waals surface area contributed by atoms with Crippen molar-refractivity contribution in [1.82, 2.24) is 19.2 Å². The fourth-order valence-corrected chi connectivity index (χ4v) is 4.42. The SMILES string of the molecule is Cc1ccnc(NCc2ccccc2S(=O)(=O)N2CCN(C)CC2)n1. The first-order chi connectivity index (χ1) is 12.0. The summed E-state index contributed by atoms with van der Waals surface area (Å²) in [5.41, 5.74) is 1.57. The van der Waals surface area contributed by atoms with Gasteiger partial charge in [0.25, 0.3) is 0 Å². The minimum absolute atomic E-state index is 0.347. The van der Waals surface area contributed by atoms with Gasteiger partial charge in [-0.2, -0.15) is 4.31 Å². The number of likely N-dealkylation sites (N-methyl/N-ethyl adjacent to an activating group) is 1. The molecule has 8 heteroatoms. The third-order valence-electron chi connectivity index (χ3n) is 4.28. The summed E-state index contributed by atoms with van der Waals surface area (Å²) in [5.74, 6) is 0.492. The molecule has 1 aromatic heterocycles. The predicted octanol–water partition coefficient (Wildman–Crippen LogP) is 1.33. The van der Waals surface area contributed by atoms with E-state index in [2.05, 4.69) is 20.2 Å². The number of aryl methyl sites for hydroxylation is 1. The lowest BCUT2D eigenvalue weighted by atomic mass is 10.2. The van der Waals surface area contributed by atoms with Crippen LogP contribution >= 0.6 is 0 Å². The van der Waals surface area contributed by atoms with Crippen LogP contribution in [0.5, 0.6) is 0 Å². The zero-order valence-corrected chi connectivity index (χ0v) is 15.3. The van der Waals surface area contributed by atoms with Crippen molar-refractivity contribution in [2.24, 2.45) is 0 Å². The van der Waals surface area contributed by atoms with Crippen molar-refractivity contribution in [1.29, 1.82) is 0 Å². The van der Waals surface area contributed by atoms with Crippen LogP contribution in [0, 0.1) is 6.92 Å². The number of anilines is 1. The summed E-state index contributed by atoms with van der Waals surface area (Å²) in [5, 5.41) is 3.11. The van der Waals surface area contributed by atoms with E-state index in [1.807, 2.05) is 32.2 Å². The minimum atomic E-state index is -3.50. The molecule has 0 unspecified atom stereocenters. The van der Waals surface area contributed by atoms with Crippen LogP contribution in [0.25, 0.3) is 0 Å². The van der Waals surface area contributed by atoms with Crippen LogP contribution in [0.2, 0.25) is 0 Å². The number of sulfonamides is 1. The lowest BCUT2D eigenvalue weighted by Gasteiger charge is -2.32. The third kappa shape index (κ3) is 4.15. The van der Waals surface area contributed by atoms with Gasteiger partial charge in [0.2, 0.25) is 16.0 Å². The van der Waals surface area contributed by atoms with E-state index >= 15 is 0 Å². The Morgan fingerprint density at radius 1 is 1.12 bits per heavy atom. The van der Waals surface area contributed by atoms with Gasteiger partial charge in [0.1, 0.15) is 0 Å². The topological polar surface area (TPSA) is 78.4 Å². The molecule has 0 amide bonds. The standard InChI is InChI=1S/C17H23N5O2S/c1-14-7-8-18-17(20-14)19-13-15-5-3-4-6-16(15)25(23,24)22-11-9-21(2)10-12-22/h3-8H,9-13H2,1-2H3,(H,18,19,20). The van der Waals surface area contributed by atoms with Crippen LogP contribution < -0.4 is 5.32 Å². The molecule has 0 atom stereocenters. The highest BCUT2D eigenvalue weighted by Gasteiger charge is 2.29. The number of nitrogens with one attached hydrogen (secondary N) is 1. The first-order valence-electron chi connectivity index (χ1n) is 8.27. The van der Waals surface area contributed by atoms with E-state index < -0.39 is 10.0 Å². The molecule has 1 aromatic carbocycles. The molecule has 1 N–H and O–H groups in total. The van der Waals surface area contributed by atoms with Crippen molar-refractivity contribution >= 4 is 16.0 Å². The van der Waals surface area contributed by atoms with Crippen LogP contribution in [-0.4, -0.2) is 60.8 Å².